The number of halogens is 2. The van der Waals surface area contributed by atoms with Gasteiger partial charge in [0.2, 0.25) is 0 Å². The van der Waals surface area contributed by atoms with E-state index in [0.29, 0.717) is 16.5 Å². The Bertz CT molecular complexity index is 898. The van der Waals surface area contributed by atoms with Crippen LogP contribution in [0.3, 0.4) is 0 Å². The molecule has 1 amide bonds. The van der Waals surface area contributed by atoms with Crippen molar-refractivity contribution in [1.29, 1.82) is 0 Å². The van der Waals surface area contributed by atoms with Gasteiger partial charge < -0.3 is 10.6 Å². The van der Waals surface area contributed by atoms with Crippen LogP contribution in [0, 0.1) is 12.7 Å². The molecule has 25 heavy (non-hydrogen) atoms. The molecule has 2 N–H and O–H groups in total. The summed E-state index contributed by atoms with van der Waals surface area (Å²) >= 11 is 6.08. The van der Waals surface area contributed by atoms with Crippen molar-refractivity contribution in [1.82, 2.24) is 10.2 Å². The summed E-state index contributed by atoms with van der Waals surface area (Å²) in [6, 6.07) is 14.2. The number of hydrogen-bond acceptors (Lipinski definition) is 4. The topological polar surface area (TPSA) is 66.9 Å². The fourth-order valence-electron chi connectivity index (χ4n) is 2.07. The molecule has 0 spiro atoms. The van der Waals surface area contributed by atoms with Crippen LogP contribution in [0.15, 0.2) is 54.6 Å². The zero-order valence-corrected chi connectivity index (χ0v) is 14.0. The first-order chi connectivity index (χ1) is 12.0. The summed E-state index contributed by atoms with van der Waals surface area (Å²) in [5.41, 5.74) is 2.38. The van der Waals surface area contributed by atoms with E-state index in [1.807, 2.05) is 19.1 Å². The molecule has 0 fully saturated rings. The molecule has 0 saturated heterocycles. The van der Waals surface area contributed by atoms with Crippen LogP contribution in [0.1, 0.15) is 16.1 Å². The van der Waals surface area contributed by atoms with Crippen molar-refractivity contribution in [2.45, 2.75) is 6.92 Å². The van der Waals surface area contributed by atoms with Gasteiger partial charge in [-0.2, -0.15) is 0 Å². The lowest BCUT2D eigenvalue weighted by Gasteiger charge is -2.08. The van der Waals surface area contributed by atoms with Gasteiger partial charge in [-0.25, -0.2) is 4.39 Å². The number of nitrogens with zero attached hydrogens (tertiary/aromatic N) is 2. The van der Waals surface area contributed by atoms with E-state index in [0.717, 1.165) is 11.3 Å². The van der Waals surface area contributed by atoms with E-state index in [1.165, 1.54) is 24.3 Å². The van der Waals surface area contributed by atoms with Crippen LogP contribution in [-0.2, 0) is 0 Å². The van der Waals surface area contributed by atoms with Gasteiger partial charge in [-0.05, 0) is 61.0 Å². The number of amides is 1. The molecule has 0 aliphatic rings. The monoisotopic (exact) mass is 356 g/mol. The van der Waals surface area contributed by atoms with Crippen LogP contribution in [0.4, 0.5) is 21.6 Å². The maximum Gasteiger partial charge on any atom is 0.276 e. The molecule has 0 aliphatic heterocycles. The first-order valence-electron chi connectivity index (χ1n) is 7.45. The average Bonchev–Trinajstić information content (AvgIpc) is 2.61. The summed E-state index contributed by atoms with van der Waals surface area (Å²) in [5, 5.41) is 14.2. The molecule has 5 nitrogen and oxygen atoms in total. The first-order valence-corrected chi connectivity index (χ1v) is 7.83. The van der Waals surface area contributed by atoms with E-state index >= 15 is 0 Å². The van der Waals surface area contributed by atoms with Crippen molar-refractivity contribution in [3.05, 3.63) is 76.7 Å². The fraction of sp³-hybridized carbons (Fsp3) is 0.0556. The lowest BCUT2D eigenvalue weighted by molar-refractivity contribution is 0.102. The van der Waals surface area contributed by atoms with Crippen molar-refractivity contribution in [3.8, 4) is 0 Å². The molecule has 1 heterocycles. The third kappa shape index (κ3) is 4.30. The number of nitrogens with one attached hydrogen (secondary N) is 2. The zero-order chi connectivity index (χ0) is 17.8. The number of aromatic nitrogens is 2. The minimum atomic E-state index is -0.427. The summed E-state index contributed by atoms with van der Waals surface area (Å²) < 4.78 is 12.9. The molecule has 0 aliphatic carbocycles. The Hall–Kier alpha value is -2.99. The molecule has 2 aromatic carbocycles. The van der Waals surface area contributed by atoms with Crippen molar-refractivity contribution in [2.24, 2.45) is 0 Å². The SMILES string of the molecule is Cc1ccc(Nc2ccc(C(=O)Nc3ccc(F)cc3)nn2)cc1Cl. The van der Waals surface area contributed by atoms with Gasteiger partial charge in [-0.3, -0.25) is 4.79 Å². The van der Waals surface area contributed by atoms with E-state index in [2.05, 4.69) is 20.8 Å². The van der Waals surface area contributed by atoms with Crippen LogP contribution in [-0.4, -0.2) is 16.1 Å². The Labute approximate surface area is 148 Å². The van der Waals surface area contributed by atoms with Gasteiger partial charge in [0.25, 0.3) is 5.91 Å². The van der Waals surface area contributed by atoms with Gasteiger partial charge in [-0.1, -0.05) is 17.7 Å². The smallest absolute Gasteiger partial charge is 0.276 e. The van der Waals surface area contributed by atoms with Crippen LogP contribution >= 0.6 is 11.6 Å². The Kier molecular flexibility index (Phi) is 4.90. The number of hydrogen-bond donors (Lipinski definition) is 2. The standard InChI is InChI=1S/C18H14ClFN4O/c1-11-2-5-14(10-15(11)19)21-17-9-8-16(23-24-17)18(25)22-13-6-3-12(20)4-7-13/h2-10H,1H3,(H,21,24)(H,22,25). The molecule has 0 bridgehead atoms. The number of rotatable bonds is 4. The molecule has 0 atom stereocenters. The molecule has 0 unspecified atom stereocenters. The summed E-state index contributed by atoms with van der Waals surface area (Å²) in [4.78, 5) is 12.1. The van der Waals surface area contributed by atoms with Gasteiger partial charge in [0.15, 0.2) is 11.5 Å². The fourth-order valence-corrected chi connectivity index (χ4v) is 2.25. The van der Waals surface area contributed by atoms with Crippen LogP contribution in [0.25, 0.3) is 0 Å². The van der Waals surface area contributed by atoms with Crippen LogP contribution in [0.5, 0.6) is 0 Å². The van der Waals surface area contributed by atoms with Crippen molar-refractivity contribution >= 4 is 34.7 Å². The average molecular weight is 357 g/mol. The highest BCUT2D eigenvalue weighted by atomic mass is 35.5. The number of carbonyl (C=O) groups is 1. The highest BCUT2D eigenvalue weighted by molar-refractivity contribution is 6.31. The highest BCUT2D eigenvalue weighted by Gasteiger charge is 2.09. The lowest BCUT2D eigenvalue weighted by Crippen LogP contribution is -2.14. The summed E-state index contributed by atoms with van der Waals surface area (Å²) in [7, 11) is 0. The number of anilines is 3. The van der Waals surface area contributed by atoms with Crippen molar-refractivity contribution in [3.63, 3.8) is 0 Å². The predicted molar refractivity (Wildman–Crippen MR) is 95.9 cm³/mol. The molecular weight excluding hydrogens is 343 g/mol. The van der Waals surface area contributed by atoms with Gasteiger partial charge in [0.1, 0.15) is 5.82 Å². The first kappa shape index (κ1) is 16.9. The van der Waals surface area contributed by atoms with Crippen LogP contribution in [0.2, 0.25) is 5.02 Å². The third-order valence-corrected chi connectivity index (χ3v) is 3.85. The molecule has 0 saturated carbocycles. The molecule has 3 aromatic rings. The quantitative estimate of drug-likeness (QED) is 0.718. The minimum absolute atomic E-state index is 0.150. The number of carbonyl (C=O) groups excluding carboxylic acids is 1. The van der Waals surface area contributed by atoms with E-state index in [-0.39, 0.29) is 11.5 Å². The number of benzene rings is 2. The molecular formula is C18H14ClFN4O. The second-order valence-corrected chi connectivity index (χ2v) is 5.76. The van der Waals surface area contributed by atoms with Gasteiger partial charge in [0, 0.05) is 16.4 Å². The van der Waals surface area contributed by atoms with Crippen LogP contribution < -0.4 is 10.6 Å². The van der Waals surface area contributed by atoms with E-state index in [9.17, 15) is 9.18 Å². The molecule has 0 radical (unpaired) electrons. The second kappa shape index (κ2) is 7.27. The molecule has 3 rings (SSSR count). The van der Waals surface area contributed by atoms with Crippen molar-refractivity contribution in [2.75, 3.05) is 10.6 Å². The summed E-state index contributed by atoms with van der Waals surface area (Å²) in [5.74, 6) is -0.313. The normalized spacial score (nSPS) is 10.4. The molecule has 1 aromatic heterocycles. The predicted octanol–water partition coefficient (Wildman–Crippen LogP) is 4.57. The zero-order valence-electron chi connectivity index (χ0n) is 13.3. The maximum atomic E-state index is 12.9. The highest BCUT2D eigenvalue weighted by Crippen LogP contribution is 2.22. The summed E-state index contributed by atoms with van der Waals surface area (Å²) in [6.07, 6.45) is 0. The molecule has 7 heteroatoms. The maximum absolute atomic E-state index is 12.9. The van der Waals surface area contributed by atoms with Gasteiger partial charge in [0.05, 0.1) is 0 Å². The third-order valence-electron chi connectivity index (χ3n) is 3.44. The van der Waals surface area contributed by atoms with Gasteiger partial charge in [-0.15, -0.1) is 10.2 Å². The van der Waals surface area contributed by atoms with E-state index in [1.54, 1.807) is 18.2 Å². The van der Waals surface area contributed by atoms with E-state index < -0.39 is 5.91 Å². The largest absolute Gasteiger partial charge is 0.339 e. The van der Waals surface area contributed by atoms with Gasteiger partial charge >= 0.3 is 0 Å². The second-order valence-electron chi connectivity index (χ2n) is 5.35. The molecule has 126 valence electrons. The Balaban J connectivity index is 1.67. The lowest BCUT2D eigenvalue weighted by atomic mass is 10.2. The Morgan fingerprint density at radius 2 is 1.72 bits per heavy atom. The Morgan fingerprint density at radius 1 is 1.00 bits per heavy atom. The summed E-state index contributed by atoms with van der Waals surface area (Å²) in [6.45, 7) is 1.92. The number of aryl methyl sites for hydroxylation is 1. The Morgan fingerprint density at radius 3 is 2.36 bits per heavy atom. The van der Waals surface area contributed by atoms with E-state index in [4.69, 9.17) is 11.6 Å². The minimum Gasteiger partial charge on any atom is -0.339 e. The van der Waals surface area contributed by atoms with Crippen molar-refractivity contribution < 1.29 is 9.18 Å².